The van der Waals surface area contributed by atoms with Crippen molar-refractivity contribution in [1.29, 1.82) is 0 Å². The second kappa shape index (κ2) is 22.4. The number of aryl methyl sites for hydroxylation is 1. The van der Waals surface area contributed by atoms with Crippen LogP contribution in [0, 0.1) is 0 Å². The molecular formula is C58H62Cl2N4O3. The van der Waals surface area contributed by atoms with E-state index < -0.39 is 5.60 Å². The van der Waals surface area contributed by atoms with Crippen LogP contribution in [-0.4, -0.2) is 77.7 Å². The summed E-state index contributed by atoms with van der Waals surface area (Å²) in [6.45, 7) is 8.63. The van der Waals surface area contributed by atoms with E-state index in [-0.39, 0.29) is 36.2 Å². The molecular weight excluding hydrogens is 872 g/mol. The number of hydrogen-bond donors (Lipinski definition) is 2. The maximum Gasteiger partial charge on any atom is 0.410 e. The number of halogens is 2. The van der Waals surface area contributed by atoms with Crippen LogP contribution in [0.5, 0.6) is 0 Å². The number of nitrogens with zero attached hydrogens (tertiary/aromatic N) is 2. The van der Waals surface area contributed by atoms with Crippen molar-refractivity contribution in [3.63, 3.8) is 0 Å². The lowest BCUT2D eigenvalue weighted by atomic mass is 9.96. The predicted octanol–water partition coefficient (Wildman–Crippen LogP) is 11.9. The van der Waals surface area contributed by atoms with Crippen molar-refractivity contribution in [1.82, 2.24) is 20.4 Å². The Kier molecular flexibility index (Phi) is 16.0. The van der Waals surface area contributed by atoms with E-state index >= 15 is 0 Å². The molecule has 9 heteroatoms. The molecule has 0 saturated carbocycles. The maximum absolute atomic E-state index is 13.6. The van der Waals surface area contributed by atoms with Crippen molar-refractivity contribution in [2.24, 2.45) is 0 Å². The number of fused-ring (bicyclic) bond motifs is 2. The van der Waals surface area contributed by atoms with E-state index in [1.54, 1.807) is 6.07 Å². The van der Waals surface area contributed by atoms with E-state index in [1.807, 2.05) is 62.1 Å². The van der Waals surface area contributed by atoms with Crippen LogP contribution in [0.4, 0.5) is 4.79 Å². The lowest BCUT2D eigenvalue weighted by Gasteiger charge is -2.41. The number of amides is 2. The third-order valence-corrected chi connectivity index (χ3v) is 13.4. The van der Waals surface area contributed by atoms with Crippen molar-refractivity contribution in [3.8, 4) is 0 Å². The van der Waals surface area contributed by atoms with Gasteiger partial charge in [-0.05, 0) is 114 Å². The Labute approximate surface area is 406 Å². The molecule has 67 heavy (non-hydrogen) atoms. The number of piperazine rings is 2. The highest BCUT2D eigenvalue weighted by Gasteiger charge is 2.35. The Morgan fingerprint density at radius 2 is 1.03 bits per heavy atom. The average Bonchev–Trinajstić information content (AvgIpc) is 3.32. The molecule has 9 rings (SSSR count). The van der Waals surface area contributed by atoms with Crippen LogP contribution in [0.2, 0.25) is 10.0 Å². The number of benzene rings is 7. The van der Waals surface area contributed by atoms with Gasteiger partial charge in [0.05, 0.1) is 6.04 Å². The Morgan fingerprint density at radius 3 is 1.60 bits per heavy atom. The van der Waals surface area contributed by atoms with Gasteiger partial charge >= 0.3 is 6.09 Å². The first kappa shape index (κ1) is 47.8. The van der Waals surface area contributed by atoms with Crippen molar-refractivity contribution in [3.05, 3.63) is 202 Å². The summed E-state index contributed by atoms with van der Waals surface area (Å²) in [5.74, 6) is 0.173. The Bertz CT molecular complexity index is 2740. The lowest BCUT2D eigenvalue weighted by molar-refractivity contribution is -0.135. The molecule has 0 aromatic heterocycles. The standard InChI is InChI=1S/C31H30Cl2N2O.C27H32N2O2/c32-27-14-12-25(30(33)19-27)13-15-31(36)35-21-28(17-22-6-2-1-3-7-22)34-20-29(35)18-23-10-11-24-8-4-5-9-26(24)16-23;1-27(2,3)31-26(30)29-19-24(28-18-25(29)17-20-9-5-4-6-10-20)16-21-13-14-22-11-7-8-12-23(22)15-21/h1-12,14,16,19,28-29,34H,13,15,17-18,20-21H2;4-15,24-25,28H,16-19H2,1-3H3/t28-,29+;24-,25+/m01/s1. The Morgan fingerprint density at radius 1 is 0.552 bits per heavy atom. The van der Waals surface area contributed by atoms with E-state index in [2.05, 4.69) is 137 Å². The molecule has 2 aliphatic rings. The van der Waals surface area contributed by atoms with Crippen LogP contribution in [0.1, 0.15) is 55.0 Å². The SMILES string of the molecule is CC(C)(C)OC(=O)N1C[C@@H](Cc2ccc3ccccc3c2)NC[C@@H]1Cc1ccccc1.O=C(CCc1ccc(Cl)cc1Cl)N1C[C@H](Cc2ccccc2)NC[C@H]1Cc1ccc2ccccc2c1. The van der Waals surface area contributed by atoms with Crippen LogP contribution in [0.25, 0.3) is 21.5 Å². The van der Waals surface area contributed by atoms with E-state index in [1.165, 1.54) is 43.8 Å². The van der Waals surface area contributed by atoms with Gasteiger partial charge in [0.15, 0.2) is 0 Å². The molecule has 0 aliphatic carbocycles. The average molecular weight is 934 g/mol. The summed E-state index contributed by atoms with van der Waals surface area (Å²) in [5.41, 5.74) is 5.49. The van der Waals surface area contributed by atoms with Crippen LogP contribution < -0.4 is 10.6 Å². The maximum atomic E-state index is 13.6. The predicted molar refractivity (Wildman–Crippen MR) is 276 cm³/mol. The molecule has 7 nitrogen and oxygen atoms in total. The summed E-state index contributed by atoms with van der Waals surface area (Å²) in [6.07, 6.45) is 4.22. The smallest absolute Gasteiger partial charge is 0.410 e. The molecule has 2 N–H and O–H groups in total. The van der Waals surface area contributed by atoms with Gasteiger partial charge in [-0.2, -0.15) is 0 Å². The molecule has 346 valence electrons. The van der Waals surface area contributed by atoms with E-state index in [4.69, 9.17) is 27.9 Å². The topological polar surface area (TPSA) is 73.9 Å². The molecule has 2 saturated heterocycles. The minimum absolute atomic E-state index is 0.0742. The molecule has 0 spiro atoms. The first-order valence-electron chi connectivity index (χ1n) is 23.7. The van der Waals surface area contributed by atoms with Crippen molar-refractivity contribution >= 4 is 56.7 Å². The minimum Gasteiger partial charge on any atom is -0.444 e. The molecule has 2 heterocycles. The third-order valence-electron chi connectivity index (χ3n) is 12.8. The Balaban J connectivity index is 0.000000184. The van der Waals surface area contributed by atoms with Gasteiger partial charge in [0.1, 0.15) is 5.60 Å². The van der Waals surface area contributed by atoms with Crippen molar-refractivity contribution in [2.75, 3.05) is 26.2 Å². The zero-order valence-electron chi connectivity index (χ0n) is 38.8. The number of carbonyl (C=O) groups is 2. The third kappa shape index (κ3) is 13.5. The summed E-state index contributed by atoms with van der Waals surface area (Å²) >= 11 is 12.4. The quantitative estimate of drug-likeness (QED) is 0.135. The number of carbonyl (C=O) groups excluding carboxylic acids is 2. The first-order valence-corrected chi connectivity index (χ1v) is 24.4. The van der Waals surface area contributed by atoms with Gasteiger partial charge in [-0.25, -0.2) is 4.79 Å². The van der Waals surface area contributed by atoms with Gasteiger partial charge in [0.25, 0.3) is 0 Å². The summed E-state index contributed by atoms with van der Waals surface area (Å²) in [4.78, 5) is 30.7. The van der Waals surface area contributed by atoms with Gasteiger partial charge in [-0.3, -0.25) is 4.79 Å². The van der Waals surface area contributed by atoms with Crippen LogP contribution in [0.15, 0.2) is 164 Å². The molecule has 0 bridgehead atoms. The van der Waals surface area contributed by atoms with Gasteiger partial charge in [0, 0.05) is 60.8 Å². The molecule has 2 amide bonds. The number of nitrogens with one attached hydrogen (secondary N) is 2. The van der Waals surface area contributed by atoms with E-state index in [0.29, 0.717) is 36.0 Å². The highest BCUT2D eigenvalue weighted by Crippen LogP contribution is 2.26. The minimum atomic E-state index is -0.507. The summed E-state index contributed by atoms with van der Waals surface area (Å²) in [6, 6.07) is 57.0. The Hall–Kier alpha value is -5.70. The second-order valence-corrected chi connectivity index (χ2v) is 19.9. The molecule has 2 aliphatic heterocycles. The van der Waals surface area contributed by atoms with Gasteiger partial charge in [-0.1, -0.05) is 175 Å². The van der Waals surface area contributed by atoms with Gasteiger partial charge in [0.2, 0.25) is 5.91 Å². The van der Waals surface area contributed by atoms with Crippen LogP contribution >= 0.6 is 23.2 Å². The number of rotatable bonds is 11. The summed E-state index contributed by atoms with van der Waals surface area (Å²) < 4.78 is 5.76. The lowest BCUT2D eigenvalue weighted by Crippen LogP contribution is -2.60. The van der Waals surface area contributed by atoms with E-state index in [9.17, 15) is 9.59 Å². The molecule has 2 fully saturated rings. The first-order chi connectivity index (χ1) is 32.4. The number of ether oxygens (including phenoxy) is 1. The number of hydrogen-bond acceptors (Lipinski definition) is 5. The largest absolute Gasteiger partial charge is 0.444 e. The molecule has 7 aromatic rings. The zero-order chi connectivity index (χ0) is 46.8. The molecule has 0 radical (unpaired) electrons. The van der Waals surface area contributed by atoms with Gasteiger partial charge < -0.3 is 25.2 Å². The zero-order valence-corrected chi connectivity index (χ0v) is 40.4. The van der Waals surface area contributed by atoms with Crippen molar-refractivity contribution < 1.29 is 14.3 Å². The molecule has 7 aromatic carbocycles. The highest BCUT2D eigenvalue weighted by atomic mass is 35.5. The van der Waals surface area contributed by atoms with Crippen LogP contribution in [0.3, 0.4) is 0 Å². The molecule has 4 atom stereocenters. The second-order valence-electron chi connectivity index (χ2n) is 19.1. The fourth-order valence-electron chi connectivity index (χ4n) is 9.40. The fourth-order valence-corrected chi connectivity index (χ4v) is 9.90. The normalized spacial score (nSPS) is 18.6. The van der Waals surface area contributed by atoms with Crippen LogP contribution in [-0.2, 0) is 41.6 Å². The summed E-state index contributed by atoms with van der Waals surface area (Å²) in [7, 11) is 0. The highest BCUT2D eigenvalue weighted by molar-refractivity contribution is 6.35. The summed E-state index contributed by atoms with van der Waals surface area (Å²) in [5, 5.41) is 13.6. The van der Waals surface area contributed by atoms with Gasteiger partial charge in [-0.15, -0.1) is 0 Å². The molecule has 0 unspecified atom stereocenters. The monoisotopic (exact) mass is 932 g/mol. The fraction of sp³-hybridized carbons (Fsp3) is 0.310. The van der Waals surface area contributed by atoms with E-state index in [0.717, 1.165) is 44.3 Å². The van der Waals surface area contributed by atoms with Crippen molar-refractivity contribution in [2.45, 2.75) is 89.1 Å².